The smallest absolute Gasteiger partial charge is 0.151 e. The Morgan fingerprint density at radius 2 is 1.65 bits per heavy atom. The quantitative estimate of drug-likeness (QED) is 0.259. The zero-order valence-electron chi connectivity index (χ0n) is 20.0. The maximum atomic E-state index is 11.8. The highest BCUT2D eigenvalue weighted by Gasteiger charge is 2.12. The first-order chi connectivity index (χ1) is 17.9. The van der Waals surface area contributed by atoms with Crippen LogP contribution in [0, 0.1) is 12.3 Å². The number of para-hydroxylation sites is 1. The lowest BCUT2D eigenvalue weighted by Crippen LogP contribution is -2.01. The molecule has 0 bridgehead atoms. The number of anilines is 2. The van der Waals surface area contributed by atoms with E-state index < -0.39 is 9.84 Å². The molecule has 0 radical (unpaired) electrons. The van der Waals surface area contributed by atoms with Crippen molar-refractivity contribution in [2.75, 3.05) is 11.6 Å². The number of hydrogen-bond acceptors (Lipinski definition) is 6. The van der Waals surface area contributed by atoms with Gasteiger partial charge in [-0.25, -0.2) is 8.42 Å². The van der Waals surface area contributed by atoms with Crippen LogP contribution >= 0.6 is 0 Å². The Morgan fingerprint density at radius 1 is 0.892 bits per heavy atom. The highest BCUT2D eigenvalue weighted by Crippen LogP contribution is 2.33. The molecule has 0 amide bonds. The van der Waals surface area contributed by atoms with Crippen molar-refractivity contribution in [2.24, 2.45) is 0 Å². The summed E-state index contributed by atoms with van der Waals surface area (Å²) in [5.41, 5.74) is 5.31. The van der Waals surface area contributed by atoms with Crippen LogP contribution in [0.5, 0.6) is 11.5 Å². The van der Waals surface area contributed by atoms with E-state index in [4.69, 9.17) is 11.2 Å². The molecule has 3 aromatic carbocycles. The molecule has 0 spiro atoms. The molecule has 0 saturated carbocycles. The second kappa shape index (κ2) is 10.1. The van der Waals surface area contributed by atoms with Crippen molar-refractivity contribution in [1.82, 2.24) is 9.97 Å². The number of pyridine rings is 2. The minimum Gasteiger partial charge on any atom is -0.457 e. The van der Waals surface area contributed by atoms with Gasteiger partial charge >= 0.3 is 0 Å². The van der Waals surface area contributed by atoms with Crippen molar-refractivity contribution in [2.45, 2.75) is 5.75 Å². The SMILES string of the molecule is C#Cc1cnc2ccc(-c3cncc(CS(C)(=O)=O)c3)cc2c1Nc1ccc(Oc2ccccc2)cc1. The van der Waals surface area contributed by atoms with Crippen molar-refractivity contribution in [3.63, 3.8) is 0 Å². The van der Waals surface area contributed by atoms with Gasteiger partial charge in [-0.3, -0.25) is 9.97 Å². The monoisotopic (exact) mass is 505 g/mol. The topological polar surface area (TPSA) is 81.2 Å². The van der Waals surface area contributed by atoms with Crippen LogP contribution in [0.4, 0.5) is 11.4 Å². The number of benzene rings is 3. The molecule has 7 heteroatoms. The summed E-state index contributed by atoms with van der Waals surface area (Å²) < 4.78 is 29.4. The van der Waals surface area contributed by atoms with Crippen LogP contribution in [0.2, 0.25) is 0 Å². The molecule has 0 atom stereocenters. The predicted molar refractivity (Wildman–Crippen MR) is 148 cm³/mol. The molecule has 0 saturated heterocycles. The van der Waals surface area contributed by atoms with E-state index in [-0.39, 0.29) is 5.75 Å². The van der Waals surface area contributed by atoms with E-state index in [1.165, 1.54) is 6.26 Å². The summed E-state index contributed by atoms with van der Waals surface area (Å²) in [6.45, 7) is 0. The van der Waals surface area contributed by atoms with Crippen LogP contribution in [0.1, 0.15) is 11.1 Å². The van der Waals surface area contributed by atoms with Crippen LogP contribution < -0.4 is 10.1 Å². The molecule has 0 aliphatic rings. The van der Waals surface area contributed by atoms with Gasteiger partial charge in [0.25, 0.3) is 0 Å². The van der Waals surface area contributed by atoms with Gasteiger partial charge in [0.15, 0.2) is 9.84 Å². The summed E-state index contributed by atoms with van der Waals surface area (Å²) in [4.78, 5) is 8.77. The number of fused-ring (bicyclic) bond motifs is 1. The number of hydrogen-bond donors (Lipinski definition) is 1. The van der Waals surface area contributed by atoms with Crippen molar-refractivity contribution in [3.8, 4) is 35.0 Å². The highest BCUT2D eigenvalue weighted by molar-refractivity contribution is 7.89. The summed E-state index contributed by atoms with van der Waals surface area (Å²) in [5, 5.41) is 4.28. The van der Waals surface area contributed by atoms with E-state index in [1.54, 1.807) is 18.6 Å². The van der Waals surface area contributed by atoms with E-state index in [2.05, 4.69) is 21.2 Å². The van der Waals surface area contributed by atoms with Gasteiger partial charge in [-0.2, -0.15) is 0 Å². The molecule has 6 nitrogen and oxygen atoms in total. The lowest BCUT2D eigenvalue weighted by molar-refractivity contribution is 0.483. The van der Waals surface area contributed by atoms with Crippen molar-refractivity contribution in [3.05, 3.63) is 109 Å². The van der Waals surface area contributed by atoms with Crippen molar-refractivity contribution < 1.29 is 13.2 Å². The van der Waals surface area contributed by atoms with E-state index in [1.807, 2.05) is 78.9 Å². The summed E-state index contributed by atoms with van der Waals surface area (Å²) in [5.74, 6) is 4.13. The summed E-state index contributed by atoms with van der Waals surface area (Å²) >= 11 is 0. The van der Waals surface area contributed by atoms with Crippen LogP contribution in [0.25, 0.3) is 22.0 Å². The average Bonchev–Trinajstić information content (AvgIpc) is 2.89. The predicted octanol–water partition coefficient (Wildman–Crippen LogP) is 6.36. The molecule has 37 heavy (non-hydrogen) atoms. The number of aromatic nitrogens is 2. The molecule has 5 aromatic rings. The van der Waals surface area contributed by atoms with Gasteiger partial charge in [-0.05, 0) is 65.7 Å². The second-order valence-electron chi connectivity index (χ2n) is 8.64. The lowest BCUT2D eigenvalue weighted by atomic mass is 10.0. The molecular formula is C30H23N3O3S. The fourth-order valence-corrected chi connectivity index (χ4v) is 4.78. The molecular weight excluding hydrogens is 482 g/mol. The van der Waals surface area contributed by atoms with Crippen molar-refractivity contribution in [1.29, 1.82) is 0 Å². The lowest BCUT2D eigenvalue weighted by Gasteiger charge is -2.14. The Balaban J connectivity index is 1.49. The number of rotatable bonds is 7. The average molecular weight is 506 g/mol. The number of ether oxygens (including phenoxy) is 1. The maximum absolute atomic E-state index is 11.8. The number of nitrogens with zero attached hydrogens (tertiary/aromatic N) is 2. The Labute approximate surface area is 215 Å². The molecule has 0 aliphatic heterocycles. The van der Waals surface area contributed by atoms with E-state index in [0.29, 0.717) is 11.1 Å². The molecule has 0 aliphatic carbocycles. The Bertz CT molecular complexity index is 1730. The van der Waals surface area contributed by atoms with Gasteiger partial charge in [0.1, 0.15) is 11.5 Å². The molecule has 2 heterocycles. The van der Waals surface area contributed by atoms with E-state index in [0.717, 1.165) is 44.9 Å². The van der Waals surface area contributed by atoms with Gasteiger partial charge in [0.05, 0.1) is 22.5 Å². The molecule has 1 N–H and O–H groups in total. The van der Waals surface area contributed by atoms with Crippen LogP contribution in [-0.2, 0) is 15.6 Å². The minimum atomic E-state index is -3.17. The Kier molecular flexibility index (Phi) is 6.59. The van der Waals surface area contributed by atoms with E-state index >= 15 is 0 Å². The number of sulfone groups is 1. The third kappa shape index (κ3) is 5.77. The number of terminal acetylenes is 1. The highest BCUT2D eigenvalue weighted by atomic mass is 32.2. The first kappa shape index (κ1) is 24.0. The third-order valence-corrected chi connectivity index (χ3v) is 6.54. The summed E-state index contributed by atoms with van der Waals surface area (Å²) in [6.07, 6.45) is 12.0. The van der Waals surface area contributed by atoms with Gasteiger partial charge in [0, 0.05) is 41.5 Å². The molecule has 5 rings (SSSR count). The zero-order chi connectivity index (χ0) is 25.8. The van der Waals surface area contributed by atoms with Gasteiger partial charge in [-0.1, -0.05) is 30.2 Å². The largest absolute Gasteiger partial charge is 0.457 e. The van der Waals surface area contributed by atoms with Gasteiger partial charge < -0.3 is 10.1 Å². The van der Waals surface area contributed by atoms with E-state index in [9.17, 15) is 8.42 Å². The molecule has 2 aromatic heterocycles. The first-order valence-corrected chi connectivity index (χ1v) is 13.6. The first-order valence-electron chi connectivity index (χ1n) is 11.5. The van der Waals surface area contributed by atoms with Crippen molar-refractivity contribution >= 4 is 32.1 Å². The Hall–Kier alpha value is -4.67. The second-order valence-corrected chi connectivity index (χ2v) is 10.8. The molecule has 182 valence electrons. The minimum absolute atomic E-state index is 0.0684. The fraction of sp³-hybridized carbons (Fsp3) is 0.0667. The summed E-state index contributed by atoms with van der Waals surface area (Å²) in [6, 6.07) is 24.9. The molecule has 0 unspecified atom stereocenters. The Morgan fingerprint density at radius 3 is 2.38 bits per heavy atom. The maximum Gasteiger partial charge on any atom is 0.151 e. The normalized spacial score (nSPS) is 11.1. The standard InChI is InChI=1S/C30H23N3O3S/c1-3-22-19-32-29-14-9-23(24-15-21(17-31-18-24)20-37(2,34)35)16-28(29)30(22)33-25-10-12-27(13-11-25)36-26-7-5-4-6-8-26/h1,4-19H,20H2,2H3,(H,32,33). The van der Waals surface area contributed by atoms with Crippen LogP contribution in [0.15, 0.2) is 97.5 Å². The van der Waals surface area contributed by atoms with Gasteiger partial charge in [0.2, 0.25) is 0 Å². The number of nitrogens with one attached hydrogen (secondary N) is 1. The fourth-order valence-electron chi connectivity index (χ4n) is 4.02. The van der Waals surface area contributed by atoms with Crippen LogP contribution in [-0.4, -0.2) is 24.6 Å². The molecule has 0 fully saturated rings. The van der Waals surface area contributed by atoms with Gasteiger partial charge in [-0.15, -0.1) is 6.42 Å². The van der Waals surface area contributed by atoms with Crippen LogP contribution in [0.3, 0.4) is 0 Å². The summed E-state index contributed by atoms with van der Waals surface area (Å²) in [7, 11) is -3.17. The zero-order valence-corrected chi connectivity index (χ0v) is 20.9. The third-order valence-electron chi connectivity index (χ3n) is 5.68.